The second kappa shape index (κ2) is 4.88. The van der Waals surface area contributed by atoms with E-state index in [2.05, 4.69) is 31.5 Å². The van der Waals surface area contributed by atoms with Crippen molar-refractivity contribution in [1.29, 1.82) is 0 Å². The lowest BCUT2D eigenvalue weighted by Gasteiger charge is -2.08. The number of hydrogen-bond acceptors (Lipinski definition) is 4. The maximum Gasteiger partial charge on any atom is 0.259 e. The number of rotatable bonds is 2. The number of aromatic nitrogens is 1. The summed E-state index contributed by atoms with van der Waals surface area (Å²) in [6, 6.07) is 6.58. The molecule has 0 saturated carbocycles. The number of amides is 2. The molecule has 5 nitrogen and oxygen atoms in total. The van der Waals surface area contributed by atoms with E-state index >= 15 is 0 Å². The SMILES string of the molecule is O=C1NC(=O)c2cc(Nc3ncc(Br)cc3Cl)ccc21. The van der Waals surface area contributed by atoms with Gasteiger partial charge in [-0.3, -0.25) is 14.9 Å². The molecule has 0 bridgehead atoms. The molecule has 1 aromatic heterocycles. The number of carbonyl (C=O) groups is 2. The van der Waals surface area contributed by atoms with Crippen LogP contribution in [-0.4, -0.2) is 16.8 Å². The Morgan fingerprint density at radius 3 is 2.65 bits per heavy atom. The van der Waals surface area contributed by atoms with Crippen LogP contribution < -0.4 is 10.6 Å². The van der Waals surface area contributed by atoms with Crippen LogP contribution in [0.25, 0.3) is 0 Å². The van der Waals surface area contributed by atoms with E-state index in [1.807, 2.05) is 0 Å². The zero-order valence-electron chi connectivity index (χ0n) is 9.91. The third kappa shape index (κ3) is 2.28. The minimum absolute atomic E-state index is 0.341. The number of halogens is 2. The third-order valence-electron chi connectivity index (χ3n) is 2.81. The maximum atomic E-state index is 11.6. The summed E-state index contributed by atoms with van der Waals surface area (Å²) >= 11 is 9.33. The van der Waals surface area contributed by atoms with Crippen LogP contribution in [-0.2, 0) is 0 Å². The van der Waals surface area contributed by atoms with Crippen molar-refractivity contribution in [2.24, 2.45) is 0 Å². The predicted molar refractivity (Wildman–Crippen MR) is 78.5 cm³/mol. The highest BCUT2D eigenvalue weighted by Crippen LogP contribution is 2.27. The fourth-order valence-corrected chi connectivity index (χ4v) is 2.57. The molecular formula is C13H7BrClN3O2. The van der Waals surface area contributed by atoms with Gasteiger partial charge in [0.2, 0.25) is 0 Å². The summed E-state index contributed by atoms with van der Waals surface area (Å²) in [6.45, 7) is 0. The van der Waals surface area contributed by atoms with E-state index in [9.17, 15) is 9.59 Å². The molecule has 0 fully saturated rings. The second-order valence-corrected chi connectivity index (χ2v) is 5.48. The summed E-state index contributed by atoms with van der Waals surface area (Å²) in [6.07, 6.45) is 1.61. The molecule has 2 N–H and O–H groups in total. The lowest BCUT2D eigenvalue weighted by atomic mass is 10.1. The minimum atomic E-state index is -0.400. The molecule has 100 valence electrons. The smallest absolute Gasteiger partial charge is 0.259 e. The Balaban J connectivity index is 1.95. The van der Waals surface area contributed by atoms with Crippen LogP contribution >= 0.6 is 27.5 Å². The highest BCUT2D eigenvalue weighted by molar-refractivity contribution is 9.10. The molecule has 1 aliphatic heterocycles. The number of benzene rings is 1. The van der Waals surface area contributed by atoms with Crippen LogP contribution in [0.2, 0.25) is 5.02 Å². The van der Waals surface area contributed by atoms with Crippen molar-refractivity contribution in [2.45, 2.75) is 0 Å². The molecule has 0 aliphatic carbocycles. The largest absolute Gasteiger partial charge is 0.339 e. The van der Waals surface area contributed by atoms with Gasteiger partial charge in [0, 0.05) is 16.4 Å². The molecular weight excluding hydrogens is 346 g/mol. The zero-order chi connectivity index (χ0) is 14.3. The van der Waals surface area contributed by atoms with Gasteiger partial charge in [0.05, 0.1) is 16.1 Å². The first-order valence-electron chi connectivity index (χ1n) is 5.62. The first-order valence-corrected chi connectivity index (χ1v) is 6.79. The number of hydrogen-bond donors (Lipinski definition) is 2. The van der Waals surface area contributed by atoms with Gasteiger partial charge < -0.3 is 5.32 Å². The van der Waals surface area contributed by atoms with Crippen molar-refractivity contribution in [3.8, 4) is 0 Å². The van der Waals surface area contributed by atoms with Crippen LogP contribution in [0.3, 0.4) is 0 Å². The van der Waals surface area contributed by atoms with Gasteiger partial charge in [0.15, 0.2) is 0 Å². The summed E-state index contributed by atoms with van der Waals surface area (Å²) in [5.74, 6) is -0.306. The Hall–Kier alpha value is -1.92. The van der Waals surface area contributed by atoms with Gasteiger partial charge >= 0.3 is 0 Å². The molecule has 1 aromatic carbocycles. The maximum absolute atomic E-state index is 11.6. The first kappa shape index (κ1) is 13.1. The fraction of sp³-hybridized carbons (Fsp3) is 0. The number of anilines is 2. The van der Waals surface area contributed by atoms with Crippen molar-refractivity contribution in [1.82, 2.24) is 10.3 Å². The Morgan fingerprint density at radius 1 is 1.15 bits per heavy atom. The van der Waals surface area contributed by atoms with E-state index in [0.717, 1.165) is 4.47 Å². The van der Waals surface area contributed by atoms with E-state index in [1.165, 1.54) is 0 Å². The lowest BCUT2D eigenvalue weighted by molar-refractivity contribution is 0.0879. The van der Waals surface area contributed by atoms with Gasteiger partial charge in [-0.15, -0.1) is 0 Å². The highest BCUT2D eigenvalue weighted by atomic mass is 79.9. The zero-order valence-corrected chi connectivity index (χ0v) is 12.2. The quantitative estimate of drug-likeness (QED) is 0.815. The minimum Gasteiger partial charge on any atom is -0.339 e. The number of nitrogens with zero attached hydrogens (tertiary/aromatic N) is 1. The van der Waals surface area contributed by atoms with Gasteiger partial charge in [-0.1, -0.05) is 11.6 Å². The normalized spacial score (nSPS) is 13.1. The number of imide groups is 1. The van der Waals surface area contributed by atoms with Crippen molar-refractivity contribution in [2.75, 3.05) is 5.32 Å². The van der Waals surface area contributed by atoms with Gasteiger partial charge in [0.1, 0.15) is 5.82 Å². The van der Waals surface area contributed by atoms with E-state index in [4.69, 9.17) is 11.6 Å². The van der Waals surface area contributed by atoms with Gasteiger partial charge in [-0.2, -0.15) is 0 Å². The molecule has 0 saturated heterocycles. The van der Waals surface area contributed by atoms with Crippen molar-refractivity contribution < 1.29 is 9.59 Å². The molecule has 2 heterocycles. The van der Waals surface area contributed by atoms with E-state index in [-0.39, 0.29) is 5.91 Å². The Bertz CT molecular complexity index is 748. The van der Waals surface area contributed by atoms with E-state index < -0.39 is 5.91 Å². The second-order valence-electron chi connectivity index (χ2n) is 4.15. The lowest BCUT2D eigenvalue weighted by Crippen LogP contribution is -2.19. The molecule has 0 atom stereocenters. The summed E-state index contributed by atoms with van der Waals surface area (Å²) in [5.41, 5.74) is 1.34. The van der Waals surface area contributed by atoms with Gasteiger partial charge in [-0.25, -0.2) is 4.98 Å². The average molecular weight is 353 g/mol. The van der Waals surface area contributed by atoms with Crippen LogP contribution in [0.5, 0.6) is 0 Å². The molecule has 20 heavy (non-hydrogen) atoms. The number of carbonyl (C=O) groups excluding carboxylic acids is 2. The van der Waals surface area contributed by atoms with Crippen molar-refractivity contribution in [3.63, 3.8) is 0 Å². The van der Waals surface area contributed by atoms with E-state index in [1.54, 1.807) is 30.5 Å². The van der Waals surface area contributed by atoms with Crippen LogP contribution in [0.15, 0.2) is 34.9 Å². The Kier molecular flexibility index (Phi) is 3.19. The van der Waals surface area contributed by atoms with Crippen molar-refractivity contribution in [3.05, 3.63) is 51.1 Å². The summed E-state index contributed by atoms with van der Waals surface area (Å²) in [7, 11) is 0. The number of nitrogens with one attached hydrogen (secondary N) is 2. The van der Waals surface area contributed by atoms with Gasteiger partial charge in [0.25, 0.3) is 11.8 Å². The molecule has 0 radical (unpaired) electrons. The molecule has 2 amide bonds. The third-order valence-corrected chi connectivity index (χ3v) is 3.53. The molecule has 7 heteroatoms. The molecule has 0 spiro atoms. The fourth-order valence-electron chi connectivity index (χ4n) is 1.89. The Morgan fingerprint density at radius 2 is 1.90 bits per heavy atom. The summed E-state index contributed by atoms with van der Waals surface area (Å²) in [4.78, 5) is 27.2. The number of fused-ring (bicyclic) bond motifs is 1. The summed E-state index contributed by atoms with van der Waals surface area (Å²) < 4.78 is 0.770. The molecule has 2 aromatic rings. The molecule has 1 aliphatic rings. The van der Waals surface area contributed by atoms with Gasteiger partial charge in [-0.05, 0) is 40.2 Å². The summed E-state index contributed by atoms with van der Waals surface area (Å²) in [5, 5.41) is 5.69. The van der Waals surface area contributed by atoms with E-state index in [0.29, 0.717) is 27.7 Å². The number of pyridine rings is 1. The van der Waals surface area contributed by atoms with Crippen molar-refractivity contribution >= 4 is 50.9 Å². The standard InChI is InChI=1S/C13H7BrClN3O2/c14-6-3-10(15)11(16-5-6)17-7-1-2-8-9(4-7)13(20)18-12(8)19/h1-5H,(H,16,17)(H,18,19,20). The topological polar surface area (TPSA) is 71.1 Å². The predicted octanol–water partition coefficient (Wildman–Crippen LogP) is 3.12. The van der Waals surface area contributed by atoms with Crippen LogP contribution in [0.4, 0.5) is 11.5 Å². The molecule has 0 unspecified atom stereocenters. The monoisotopic (exact) mass is 351 g/mol. The first-order chi connectivity index (χ1) is 9.54. The highest BCUT2D eigenvalue weighted by Gasteiger charge is 2.26. The van der Waals surface area contributed by atoms with Crippen LogP contribution in [0, 0.1) is 0 Å². The van der Waals surface area contributed by atoms with Crippen LogP contribution in [0.1, 0.15) is 20.7 Å². The molecule has 3 rings (SSSR count). The Labute approximate surface area is 127 Å². The average Bonchev–Trinajstić information content (AvgIpc) is 2.68.